The van der Waals surface area contributed by atoms with Crippen LogP contribution in [0.4, 0.5) is 5.13 Å². The molecule has 0 aliphatic carbocycles. The fourth-order valence-electron chi connectivity index (χ4n) is 3.37. The lowest BCUT2D eigenvalue weighted by Gasteiger charge is -2.30. The molecule has 0 bridgehead atoms. The number of hydrogen-bond acceptors (Lipinski definition) is 7. The predicted molar refractivity (Wildman–Crippen MR) is 112 cm³/mol. The smallest absolute Gasteiger partial charge is 0.265 e. The van der Waals surface area contributed by atoms with Gasteiger partial charge in [0.2, 0.25) is 21.1 Å². The van der Waals surface area contributed by atoms with E-state index in [-0.39, 0.29) is 35.5 Å². The largest absolute Gasteiger partial charge is 0.364 e. The standard InChI is InChI=1S/C18H26N6O4S2/c1-11(2)8-15-21-22-18(29-15)20-17(26)12-4-6-24(7-5-12)30(27,28)13-9-14(16(19)25)23(3)10-13/h9-12H,4-8H2,1-3H3,(H2,19,25)(H,20,22,26). The molecular formula is C18H26N6O4S2. The molecule has 1 fully saturated rings. The maximum atomic E-state index is 12.9. The minimum Gasteiger partial charge on any atom is -0.364 e. The molecule has 0 spiro atoms. The summed E-state index contributed by atoms with van der Waals surface area (Å²) in [7, 11) is -2.20. The average Bonchev–Trinajstić information content (AvgIpc) is 3.28. The van der Waals surface area contributed by atoms with Crippen molar-refractivity contribution in [1.29, 1.82) is 0 Å². The van der Waals surface area contributed by atoms with Crippen molar-refractivity contribution in [3.63, 3.8) is 0 Å². The van der Waals surface area contributed by atoms with E-state index >= 15 is 0 Å². The van der Waals surface area contributed by atoms with Gasteiger partial charge >= 0.3 is 0 Å². The quantitative estimate of drug-likeness (QED) is 0.644. The van der Waals surface area contributed by atoms with Crippen LogP contribution < -0.4 is 11.1 Å². The normalized spacial score (nSPS) is 16.1. The highest BCUT2D eigenvalue weighted by Crippen LogP contribution is 2.26. The molecule has 2 aromatic rings. The first-order valence-electron chi connectivity index (χ1n) is 9.67. The summed E-state index contributed by atoms with van der Waals surface area (Å²) in [6.45, 7) is 4.61. The first-order valence-corrected chi connectivity index (χ1v) is 11.9. The van der Waals surface area contributed by atoms with Crippen molar-refractivity contribution < 1.29 is 18.0 Å². The lowest BCUT2D eigenvalue weighted by molar-refractivity contribution is -0.120. The van der Waals surface area contributed by atoms with Gasteiger partial charge in [0.15, 0.2) is 0 Å². The van der Waals surface area contributed by atoms with Crippen LogP contribution in [-0.4, -0.2) is 52.4 Å². The zero-order valence-corrected chi connectivity index (χ0v) is 18.8. The zero-order chi connectivity index (χ0) is 22.1. The Labute approximate surface area is 179 Å². The van der Waals surface area contributed by atoms with Crippen molar-refractivity contribution in [3.05, 3.63) is 23.0 Å². The number of rotatable bonds is 7. The number of nitrogens with two attached hydrogens (primary N) is 1. The van der Waals surface area contributed by atoms with E-state index in [9.17, 15) is 18.0 Å². The van der Waals surface area contributed by atoms with Gasteiger partial charge in [-0.1, -0.05) is 25.2 Å². The lowest BCUT2D eigenvalue weighted by Crippen LogP contribution is -2.41. The minimum atomic E-state index is -3.76. The molecule has 3 N–H and O–H groups in total. The zero-order valence-electron chi connectivity index (χ0n) is 17.2. The van der Waals surface area contributed by atoms with Gasteiger partial charge in [-0.05, 0) is 24.8 Å². The summed E-state index contributed by atoms with van der Waals surface area (Å²) in [6, 6.07) is 1.28. The number of hydrogen-bond donors (Lipinski definition) is 2. The Balaban J connectivity index is 1.60. The van der Waals surface area contributed by atoms with E-state index in [1.54, 1.807) is 7.05 Å². The number of primary amides is 1. The third kappa shape index (κ3) is 4.87. The summed E-state index contributed by atoms with van der Waals surface area (Å²) in [5, 5.41) is 12.2. The van der Waals surface area contributed by atoms with Crippen LogP contribution in [0.2, 0.25) is 0 Å². The van der Waals surface area contributed by atoms with Crippen LogP contribution >= 0.6 is 11.3 Å². The second-order valence-electron chi connectivity index (χ2n) is 7.80. The van der Waals surface area contributed by atoms with Gasteiger partial charge in [0, 0.05) is 38.7 Å². The molecule has 1 aliphatic heterocycles. The van der Waals surface area contributed by atoms with E-state index in [1.165, 1.54) is 32.5 Å². The summed E-state index contributed by atoms with van der Waals surface area (Å²) < 4.78 is 28.5. The van der Waals surface area contributed by atoms with Crippen LogP contribution in [0.5, 0.6) is 0 Å². The third-order valence-corrected chi connectivity index (χ3v) is 7.70. The molecule has 30 heavy (non-hydrogen) atoms. The Kier molecular flexibility index (Phi) is 6.58. The SMILES string of the molecule is CC(C)Cc1nnc(NC(=O)C2CCN(S(=O)(=O)c3cc(C(N)=O)n(C)c3)CC2)s1. The number of nitrogens with zero attached hydrogens (tertiary/aromatic N) is 4. The van der Waals surface area contributed by atoms with E-state index in [0.29, 0.717) is 23.9 Å². The maximum absolute atomic E-state index is 12.9. The molecule has 3 rings (SSSR count). The summed E-state index contributed by atoms with van der Waals surface area (Å²) in [5.74, 6) is -0.708. The second kappa shape index (κ2) is 8.82. The molecule has 0 radical (unpaired) electrons. The Bertz CT molecular complexity index is 1040. The van der Waals surface area contributed by atoms with Crippen LogP contribution in [-0.2, 0) is 28.3 Å². The number of piperidine rings is 1. The molecule has 0 atom stereocenters. The van der Waals surface area contributed by atoms with E-state index in [4.69, 9.17) is 5.73 Å². The van der Waals surface area contributed by atoms with Crippen LogP contribution in [0.3, 0.4) is 0 Å². The summed E-state index contributed by atoms with van der Waals surface area (Å²) >= 11 is 1.36. The molecule has 0 saturated carbocycles. The van der Waals surface area contributed by atoms with Crippen molar-refractivity contribution in [2.24, 2.45) is 24.6 Å². The number of aryl methyl sites for hydroxylation is 1. The van der Waals surface area contributed by atoms with Gasteiger partial charge in [-0.15, -0.1) is 10.2 Å². The Morgan fingerprint density at radius 1 is 1.30 bits per heavy atom. The lowest BCUT2D eigenvalue weighted by atomic mass is 9.97. The minimum absolute atomic E-state index is 0.0215. The number of aromatic nitrogens is 3. The average molecular weight is 455 g/mol. The first kappa shape index (κ1) is 22.4. The van der Waals surface area contributed by atoms with Gasteiger partial charge in [0.05, 0.1) is 0 Å². The topological polar surface area (TPSA) is 140 Å². The molecule has 10 nitrogen and oxygen atoms in total. The maximum Gasteiger partial charge on any atom is 0.265 e. The van der Waals surface area contributed by atoms with Gasteiger partial charge in [-0.2, -0.15) is 4.31 Å². The Morgan fingerprint density at radius 3 is 2.53 bits per heavy atom. The number of carbonyl (C=O) groups is 2. The van der Waals surface area contributed by atoms with Gasteiger partial charge in [0.1, 0.15) is 15.6 Å². The van der Waals surface area contributed by atoms with Crippen molar-refractivity contribution in [2.45, 2.75) is 38.0 Å². The Hall–Kier alpha value is -2.31. The van der Waals surface area contributed by atoms with Crippen molar-refractivity contribution >= 4 is 38.3 Å². The molecular weight excluding hydrogens is 428 g/mol. The molecule has 1 saturated heterocycles. The van der Waals surface area contributed by atoms with Crippen LogP contribution in [0, 0.1) is 11.8 Å². The number of nitrogens with one attached hydrogen (secondary N) is 1. The fourth-order valence-corrected chi connectivity index (χ4v) is 5.87. The number of sulfonamides is 1. The third-order valence-electron chi connectivity index (χ3n) is 4.97. The Morgan fingerprint density at radius 2 is 1.97 bits per heavy atom. The summed E-state index contributed by atoms with van der Waals surface area (Å²) in [5.41, 5.74) is 5.39. The van der Waals surface area contributed by atoms with E-state index in [0.717, 1.165) is 11.4 Å². The number of anilines is 1. The molecule has 0 aromatic carbocycles. The van der Waals surface area contributed by atoms with E-state index in [1.807, 2.05) is 0 Å². The molecule has 1 aliphatic rings. The fraction of sp³-hybridized carbons (Fsp3) is 0.556. The second-order valence-corrected chi connectivity index (χ2v) is 10.8. The van der Waals surface area contributed by atoms with Crippen LogP contribution in [0.15, 0.2) is 17.2 Å². The highest BCUT2D eigenvalue weighted by molar-refractivity contribution is 7.89. The van der Waals surface area contributed by atoms with Gasteiger partial charge in [-0.25, -0.2) is 8.42 Å². The van der Waals surface area contributed by atoms with Crippen molar-refractivity contribution in [3.8, 4) is 0 Å². The van der Waals surface area contributed by atoms with Gasteiger partial charge in [0.25, 0.3) is 5.91 Å². The highest BCUT2D eigenvalue weighted by Gasteiger charge is 2.33. The molecule has 3 heterocycles. The van der Waals surface area contributed by atoms with Gasteiger partial charge < -0.3 is 15.6 Å². The van der Waals surface area contributed by atoms with Crippen LogP contribution in [0.25, 0.3) is 0 Å². The molecule has 12 heteroatoms. The highest BCUT2D eigenvalue weighted by atomic mass is 32.2. The predicted octanol–water partition coefficient (Wildman–Crippen LogP) is 1.21. The first-order chi connectivity index (χ1) is 14.1. The van der Waals surface area contributed by atoms with Crippen molar-refractivity contribution in [1.82, 2.24) is 19.1 Å². The monoisotopic (exact) mass is 454 g/mol. The van der Waals surface area contributed by atoms with Crippen LogP contribution in [0.1, 0.15) is 42.2 Å². The number of amides is 2. The van der Waals surface area contributed by atoms with E-state index in [2.05, 4.69) is 29.4 Å². The van der Waals surface area contributed by atoms with Crippen molar-refractivity contribution in [2.75, 3.05) is 18.4 Å². The molecule has 2 amide bonds. The molecule has 2 aromatic heterocycles. The summed E-state index contributed by atoms with van der Waals surface area (Å²) in [6.07, 6.45) is 2.98. The number of carbonyl (C=O) groups excluding carboxylic acids is 2. The van der Waals surface area contributed by atoms with Gasteiger partial charge in [-0.3, -0.25) is 9.59 Å². The summed E-state index contributed by atoms with van der Waals surface area (Å²) in [4.78, 5) is 24.0. The molecule has 164 valence electrons. The van der Waals surface area contributed by atoms with E-state index < -0.39 is 15.9 Å². The molecule has 0 unspecified atom stereocenters.